The van der Waals surface area contributed by atoms with Crippen molar-refractivity contribution in [3.8, 4) is 5.75 Å². The van der Waals surface area contributed by atoms with Crippen molar-refractivity contribution >= 4 is 5.91 Å². The van der Waals surface area contributed by atoms with Gasteiger partial charge in [0.1, 0.15) is 5.75 Å². The molecule has 26 heavy (non-hydrogen) atoms. The van der Waals surface area contributed by atoms with Gasteiger partial charge >= 0.3 is 0 Å². The molecule has 1 saturated heterocycles. The average Bonchev–Trinajstić information content (AvgIpc) is 2.87. The second-order valence-electron chi connectivity index (χ2n) is 7.02. The fourth-order valence-corrected chi connectivity index (χ4v) is 3.39. The first-order chi connectivity index (χ1) is 12.6. The Morgan fingerprint density at radius 1 is 1.04 bits per heavy atom. The summed E-state index contributed by atoms with van der Waals surface area (Å²) >= 11 is 0. The second kappa shape index (κ2) is 8.86. The number of hydrogen-bond acceptors (Lipinski definition) is 3. The number of aryl methyl sites for hydroxylation is 1. The smallest absolute Gasteiger partial charge is 0.263 e. The van der Waals surface area contributed by atoms with Crippen molar-refractivity contribution in [3.05, 3.63) is 65.7 Å². The van der Waals surface area contributed by atoms with Crippen molar-refractivity contribution in [1.29, 1.82) is 0 Å². The summed E-state index contributed by atoms with van der Waals surface area (Å²) in [6.45, 7) is 8.29. The number of nitrogens with zero attached hydrogens (tertiary/aromatic N) is 2. The summed E-state index contributed by atoms with van der Waals surface area (Å²) in [6, 6.07) is 18.4. The summed E-state index contributed by atoms with van der Waals surface area (Å²) in [5.74, 6) is 0.833. The molecule has 1 amide bonds. The molecule has 1 unspecified atom stereocenters. The normalized spacial score (nSPS) is 16.8. The highest BCUT2D eigenvalue weighted by molar-refractivity contribution is 5.81. The van der Waals surface area contributed by atoms with Gasteiger partial charge in [0.25, 0.3) is 5.91 Å². The molecule has 0 N–H and O–H groups in total. The maximum Gasteiger partial charge on any atom is 0.263 e. The second-order valence-corrected chi connectivity index (χ2v) is 7.02. The molecule has 4 nitrogen and oxygen atoms in total. The lowest BCUT2D eigenvalue weighted by Gasteiger charge is -2.25. The van der Waals surface area contributed by atoms with Crippen LogP contribution in [0.25, 0.3) is 0 Å². The van der Waals surface area contributed by atoms with Crippen LogP contribution >= 0.6 is 0 Å². The van der Waals surface area contributed by atoms with E-state index in [0.717, 1.165) is 50.5 Å². The third kappa shape index (κ3) is 5.09. The average molecular weight is 352 g/mol. The van der Waals surface area contributed by atoms with E-state index >= 15 is 0 Å². The lowest BCUT2D eigenvalue weighted by molar-refractivity contribution is -0.137. The zero-order chi connectivity index (χ0) is 18.4. The van der Waals surface area contributed by atoms with Crippen molar-refractivity contribution in [3.63, 3.8) is 0 Å². The Hall–Kier alpha value is -2.33. The van der Waals surface area contributed by atoms with E-state index in [-0.39, 0.29) is 5.91 Å². The molecule has 0 aliphatic carbocycles. The molecule has 1 fully saturated rings. The van der Waals surface area contributed by atoms with Gasteiger partial charge in [-0.2, -0.15) is 0 Å². The number of hydrogen-bond donors (Lipinski definition) is 0. The van der Waals surface area contributed by atoms with Gasteiger partial charge < -0.3 is 9.64 Å². The summed E-state index contributed by atoms with van der Waals surface area (Å²) in [6.07, 6.45) is 0.535. The van der Waals surface area contributed by atoms with Gasteiger partial charge in [0, 0.05) is 32.7 Å². The first kappa shape index (κ1) is 18.5. The van der Waals surface area contributed by atoms with E-state index < -0.39 is 6.10 Å². The van der Waals surface area contributed by atoms with Crippen LogP contribution in [0.3, 0.4) is 0 Å². The summed E-state index contributed by atoms with van der Waals surface area (Å²) in [7, 11) is 0. The lowest BCUT2D eigenvalue weighted by atomic mass is 10.2. The highest BCUT2D eigenvalue weighted by atomic mass is 16.5. The van der Waals surface area contributed by atoms with Crippen LogP contribution in [-0.4, -0.2) is 48.0 Å². The van der Waals surface area contributed by atoms with Gasteiger partial charge in [-0.15, -0.1) is 0 Å². The number of carbonyl (C=O) groups excluding carboxylic acids is 1. The highest BCUT2D eigenvalue weighted by Crippen LogP contribution is 2.16. The van der Waals surface area contributed by atoms with E-state index in [1.54, 1.807) is 0 Å². The van der Waals surface area contributed by atoms with Gasteiger partial charge in [0.15, 0.2) is 6.10 Å². The van der Waals surface area contributed by atoms with Gasteiger partial charge in [-0.1, -0.05) is 42.5 Å². The number of amides is 1. The molecule has 1 aliphatic heterocycles. The van der Waals surface area contributed by atoms with Crippen LogP contribution in [0.4, 0.5) is 0 Å². The minimum Gasteiger partial charge on any atom is -0.481 e. The quantitative estimate of drug-likeness (QED) is 0.826. The molecule has 1 heterocycles. The minimum atomic E-state index is -0.461. The maximum atomic E-state index is 12.8. The lowest BCUT2D eigenvalue weighted by Crippen LogP contribution is -2.42. The van der Waals surface area contributed by atoms with Crippen molar-refractivity contribution in [1.82, 2.24) is 9.80 Å². The Labute approximate surface area is 156 Å². The predicted molar refractivity (Wildman–Crippen MR) is 104 cm³/mol. The first-order valence-electron chi connectivity index (χ1n) is 9.40. The number of carbonyl (C=O) groups is 1. The van der Waals surface area contributed by atoms with Crippen LogP contribution < -0.4 is 4.74 Å². The molecule has 2 aromatic rings. The Balaban J connectivity index is 1.53. The van der Waals surface area contributed by atoms with Crippen LogP contribution in [0, 0.1) is 6.92 Å². The molecular weight excluding hydrogens is 324 g/mol. The Bertz CT molecular complexity index is 717. The van der Waals surface area contributed by atoms with Crippen LogP contribution in [0.1, 0.15) is 24.5 Å². The third-order valence-electron chi connectivity index (χ3n) is 4.80. The van der Waals surface area contributed by atoms with Crippen LogP contribution in [0.15, 0.2) is 54.6 Å². The Kier molecular flexibility index (Phi) is 6.29. The zero-order valence-electron chi connectivity index (χ0n) is 15.7. The molecule has 4 heteroatoms. The molecule has 1 atom stereocenters. The fraction of sp³-hybridized carbons (Fsp3) is 0.409. The van der Waals surface area contributed by atoms with Crippen LogP contribution in [0.2, 0.25) is 0 Å². The maximum absolute atomic E-state index is 12.8. The van der Waals surface area contributed by atoms with Crippen molar-refractivity contribution in [2.24, 2.45) is 0 Å². The standard InChI is InChI=1S/C22H28N2O2/c1-18-8-6-11-21(16-18)26-19(2)22(25)24-13-7-12-23(14-15-24)17-20-9-4-3-5-10-20/h3-6,8-11,16,19H,7,12-15,17H2,1-2H3. The molecule has 0 aromatic heterocycles. The van der Waals surface area contributed by atoms with E-state index in [1.807, 2.05) is 49.1 Å². The molecule has 0 spiro atoms. The van der Waals surface area contributed by atoms with Crippen LogP contribution in [-0.2, 0) is 11.3 Å². The molecule has 3 rings (SSSR count). The largest absolute Gasteiger partial charge is 0.481 e. The highest BCUT2D eigenvalue weighted by Gasteiger charge is 2.24. The minimum absolute atomic E-state index is 0.0769. The van der Waals surface area contributed by atoms with Gasteiger partial charge in [-0.25, -0.2) is 0 Å². The predicted octanol–water partition coefficient (Wildman–Crippen LogP) is 3.50. The van der Waals surface area contributed by atoms with Gasteiger partial charge in [0.2, 0.25) is 0 Å². The van der Waals surface area contributed by atoms with E-state index in [1.165, 1.54) is 5.56 Å². The fourth-order valence-electron chi connectivity index (χ4n) is 3.39. The van der Waals surface area contributed by atoms with Crippen molar-refractivity contribution in [2.75, 3.05) is 26.2 Å². The molecule has 0 saturated carbocycles. The van der Waals surface area contributed by atoms with Crippen LogP contribution in [0.5, 0.6) is 5.75 Å². The van der Waals surface area contributed by atoms with E-state index in [4.69, 9.17) is 4.74 Å². The first-order valence-corrected chi connectivity index (χ1v) is 9.40. The molecular formula is C22H28N2O2. The monoisotopic (exact) mass is 352 g/mol. The SMILES string of the molecule is Cc1cccc(OC(C)C(=O)N2CCCN(Cc3ccccc3)CC2)c1. The molecule has 0 bridgehead atoms. The number of benzene rings is 2. The van der Waals surface area contributed by atoms with Crippen molar-refractivity contribution in [2.45, 2.75) is 32.9 Å². The van der Waals surface area contributed by atoms with E-state index in [0.29, 0.717) is 0 Å². The summed E-state index contributed by atoms with van der Waals surface area (Å²) < 4.78 is 5.87. The van der Waals surface area contributed by atoms with Crippen molar-refractivity contribution < 1.29 is 9.53 Å². The van der Waals surface area contributed by atoms with E-state index in [9.17, 15) is 4.79 Å². The topological polar surface area (TPSA) is 32.8 Å². The van der Waals surface area contributed by atoms with Gasteiger partial charge in [-0.3, -0.25) is 9.69 Å². The summed E-state index contributed by atoms with van der Waals surface area (Å²) in [5.41, 5.74) is 2.46. The Morgan fingerprint density at radius 3 is 2.62 bits per heavy atom. The summed E-state index contributed by atoms with van der Waals surface area (Å²) in [4.78, 5) is 17.2. The summed E-state index contributed by atoms with van der Waals surface area (Å²) in [5, 5.41) is 0. The third-order valence-corrected chi connectivity index (χ3v) is 4.80. The molecule has 2 aromatic carbocycles. The number of rotatable bonds is 5. The molecule has 1 aliphatic rings. The number of ether oxygens (including phenoxy) is 1. The molecule has 138 valence electrons. The van der Waals surface area contributed by atoms with Gasteiger partial charge in [0.05, 0.1) is 0 Å². The van der Waals surface area contributed by atoms with E-state index in [2.05, 4.69) is 29.2 Å². The zero-order valence-corrected chi connectivity index (χ0v) is 15.7. The molecule has 0 radical (unpaired) electrons. The Morgan fingerprint density at radius 2 is 1.85 bits per heavy atom. The van der Waals surface area contributed by atoms with Gasteiger partial charge in [-0.05, 0) is 43.5 Å².